The van der Waals surface area contributed by atoms with Gasteiger partial charge in [0.05, 0.1) is 12.1 Å². The monoisotopic (exact) mass is 251 g/mol. The molecule has 19 heavy (non-hydrogen) atoms. The van der Waals surface area contributed by atoms with Gasteiger partial charge < -0.3 is 4.74 Å². The van der Waals surface area contributed by atoms with Crippen molar-refractivity contribution in [2.24, 2.45) is 0 Å². The number of esters is 1. The molecule has 1 radical (unpaired) electrons. The quantitative estimate of drug-likeness (QED) is 0.621. The summed E-state index contributed by atoms with van der Waals surface area (Å²) in [6.07, 6.45) is 2.77. The summed E-state index contributed by atoms with van der Waals surface area (Å²) in [6.45, 7) is 2.05. The highest BCUT2D eigenvalue weighted by atomic mass is 16.5. The second-order valence-corrected chi connectivity index (χ2v) is 3.71. The van der Waals surface area contributed by atoms with Crippen molar-refractivity contribution >= 4 is 22.9 Å². The number of hydrogen-bond donors (Lipinski definition) is 0. The summed E-state index contributed by atoms with van der Waals surface area (Å²) in [5.41, 5.74) is 1.42. The lowest BCUT2D eigenvalue weighted by Gasteiger charge is -2.01. The first kappa shape index (κ1) is 12.8. The number of hydrogen-bond acceptors (Lipinski definition) is 4. The SMILES string of the molecule is CCOC(=O)C=Cc1[c]c2ccccc2nc1C#N. The molecule has 0 aliphatic carbocycles. The first-order valence-corrected chi connectivity index (χ1v) is 5.81. The predicted octanol–water partition coefficient (Wildman–Crippen LogP) is 2.48. The summed E-state index contributed by atoms with van der Waals surface area (Å²) in [5.74, 6) is -0.451. The zero-order valence-corrected chi connectivity index (χ0v) is 10.4. The van der Waals surface area contributed by atoms with Crippen molar-refractivity contribution in [2.45, 2.75) is 6.92 Å². The predicted molar refractivity (Wildman–Crippen MR) is 71.0 cm³/mol. The van der Waals surface area contributed by atoms with Crippen LogP contribution in [0.25, 0.3) is 17.0 Å². The maximum Gasteiger partial charge on any atom is 0.330 e. The number of ether oxygens (including phenoxy) is 1. The molecule has 1 aromatic heterocycles. The van der Waals surface area contributed by atoms with Gasteiger partial charge in [0.15, 0.2) is 0 Å². The van der Waals surface area contributed by atoms with Gasteiger partial charge in [-0.25, -0.2) is 9.78 Å². The molecule has 1 aromatic carbocycles. The molecule has 0 atom stereocenters. The van der Waals surface area contributed by atoms with E-state index < -0.39 is 5.97 Å². The number of rotatable bonds is 3. The summed E-state index contributed by atoms with van der Waals surface area (Å²) in [5, 5.41) is 9.86. The van der Waals surface area contributed by atoms with E-state index in [0.29, 0.717) is 17.7 Å². The molecule has 0 bridgehead atoms. The van der Waals surface area contributed by atoms with Crippen LogP contribution in [0.1, 0.15) is 18.2 Å². The molecule has 0 saturated heterocycles. The van der Waals surface area contributed by atoms with E-state index >= 15 is 0 Å². The fourth-order valence-corrected chi connectivity index (χ4v) is 1.61. The highest BCUT2D eigenvalue weighted by molar-refractivity contribution is 5.89. The molecule has 4 nitrogen and oxygen atoms in total. The number of nitrogens with zero attached hydrogens (tertiary/aromatic N) is 2. The molecule has 2 rings (SSSR count). The van der Waals surface area contributed by atoms with Gasteiger partial charge in [0.2, 0.25) is 0 Å². The third-order valence-corrected chi connectivity index (χ3v) is 2.44. The second-order valence-electron chi connectivity index (χ2n) is 3.71. The van der Waals surface area contributed by atoms with E-state index in [9.17, 15) is 4.79 Å². The Hall–Kier alpha value is -2.67. The van der Waals surface area contributed by atoms with E-state index in [1.165, 1.54) is 12.2 Å². The zero-order chi connectivity index (χ0) is 13.7. The van der Waals surface area contributed by atoms with Crippen LogP contribution in [0, 0.1) is 17.4 Å². The lowest BCUT2D eigenvalue weighted by atomic mass is 10.1. The molecule has 0 unspecified atom stereocenters. The molecular weight excluding hydrogens is 240 g/mol. The third-order valence-electron chi connectivity index (χ3n) is 2.44. The second kappa shape index (κ2) is 5.78. The van der Waals surface area contributed by atoms with E-state index in [1.807, 2.05) is 30.3 Å². The summed E-state index contributed by atoms with van der Waals surface area (Å²) >= 11 is 0. The molecule has 0 spiro atoms. The average molecular weight is 251 g/mol. The normalized spacial score (nSPS) is 10.5. The smallest absolute Gasteiger partial charge is 0.330 e. The van der Waals surface area contributed by atoms with Gasteiger partial charge in [-0.05, 0) is 19.1 Å². The minimum Gasteiger partial charge on any atom is -0.463 e. The maximum absolute atomic E-state index is 11.3. The summed E-state index contributed by atoms with van der Waals surface area (Å²) in [6, 6.07) is 12.4. The van der Waals surface area contributed by atoms with Crippen molar-refractivity contribution in [3.8, 4) is 6.07 Å². The molecule has 0 aliphatic rings. The van der Waals surface area contributed by atoms with E-state index in [0.717, 1.165) is 5.39 Å². The highest BCUT2D eigenvalue weighted by Gasteiger charge is 2.05. The Balaban J connectivity index is 2.42. The first-order chi connectivity index (χ1) is 9.24. The third kappa shape index (κ3) is 2.96. The molecule has 0 saturated carbocycles. The molecule has 0 amide bonds. The standard InChI is InChI=1S/C15H11N2O2/c1-2-19-15(18)8-7-12-9-11-5-3-4-6-13(11)17-14(12)10-16/h3-8H,2H2,1H3. The van der Waals surface area contributed by atoms with Crippen molar-refractivity contribution < 1.29 is 9.53 Å². The molecular formula is C15H11N2O2. The van der Waals surface area contributed by atoms with Gasteiger partial charge in [0.1, 0.15) is 11.8 Å². The molecule has 0 aliphatic heterocycles. The summed E-state index contributed by atoms with van der Waals surface area (Å²) in [7, 11) is 0. The Kier molecular flexibility index (Phi) is 3.89. The number of carbonyl (C=O) groups is 1. The first-order valence-electron chi connectivity index (χ1n) is 5.81. The summed E-state index contributed by atoms with van der Waals surface area (Å²) < 4.78 is 4.78. The number of benzene rings is 1. The fraction of sp³-hybridized carbons (Fsp3) is 0.133. The molecule has 1 heterocycles. The van der Waals surface area contributed by atoms with Gasteiger partial charge in [-0.1, -0.05) is 18.2 Å². The Labute approximate surface area is 111 Å². The van der Waals surface area contributed by atoms with Crippen LogP contribution < -0.4 is 0 Å². The maximum atomic E-state index is 11.3. The van der Waals surface area contributed by atoms with Crippen LogP contribution in [0.2, 0.25) is 0 Å². The van der Waals surface area contributed by atoms with E-state index in [1.54, 1.807) is 6.92 Å². The van der Waals surface area contributed by atoms with Gasteiger partial charge >= 0.3 is 5.97 Å². The van der Waals surface area contributed by atoms with Crippen LogP contribution in [0.15, 0.2) is 30.3 Å². The van der Waals surface area contributed by atoms with E-state index in [4.69, 9.17) is 10.00 Å². The Bertz CT molecular complexity index is 684. The van der Waals surface area contributed by atoms with Crippen LogP contribution in [0.5, 0.6) is 0 Å². The Morgan fingerprint density at radius 3 is 3.05 bits per heavy atom. The van der Waals surface area contributed by atoms with Gasteiger partial charge in [-0.15, -0.1) is 0 Å². The zero-order valence-electron chi connectivity index (χ0n) is 10.4. The van der Waals surface area contributed by atoms with Crippen LogP contribution in [0.4, 0.5) is 0 Å². The molecule has 2 aromatic rings. The average Bonchev–Trinajstić information content (AvgIpc) is 2.44. The highest BCUT2D eigenvalue weighted by Crippen LogP contribution is 2.16. The van der Waals surface area contributed by atoms with E-state index in [2.05, 4.69) is 11.1 Å². The van der Waals surface area contributed by atoms with Crippen LogP contribution in [-0.2, 0) is 9.53 Å². The number of aromatic nitrogens is 1. The van der Waals surface area contributed by atoms with E-state index in [-0.39, 0.29) is 5.69 Å². The van der Waals surface area contributed by atoms with Gasteiger partial charge in [0.25, 0.3) is 0 Å². The fourth-order valence-electron chi connectivity index (χ4n) is 1.61. The van der Waals surface area contributed by atoms with Gasteiger partial charge in [-0.2, -0.15) is 5.26 Å². The molecule has 0 fully saturated rings. The van der Waals surface area contributed by atoms with Crippen LogP contribution in [0.3, 0.4) is 0 Å². The van der Waals surface area contributed by atoms with Gasteiger partial charge in [0, 0.05) is 23.1 Å². The van der Waals surface area contributed by atoms with Crippen LogP contribution in [-0.4, -0.2) is 17.6 Å². The Morgan fingerprint density at radius 2 is 2.32 bits per heavy atom. The van der Waals surface area contributed by atoms with Crippen molar-refractivity contribution in [1.82, 2.24) is 4.98 Å². The summed E-state index contributed by atoms with van der Waals surface area (Å²) in [4.78, 5) is 15.5. The molecule has 4 heteroatoms. The topological polar surface area (TPSA) is 63.0 Å². The molecule has 93 valence electrons. The lowest BCUT2D eigenvalue weighted by molar-refractivity contribution is -0.137. The minimum absolute atomic E-state index is 0.235. The number of fused-ring (bicyclic) bond motifs is 1. The largest absolute Gasteiger partial charge is 0.463 e. The van der Waals surface area contributed by atoms with Crippen molar-refractivity contribution in [3.63, 3.8) is 0 Å². The molecule has 0 N–H and O–H groups in total. The van der Waals surface area contributed by atoms with Crippen molar-refractivity contribution in [1.29, 1.82) is 5.26 Å². The lowest BCUT2D eigenvalue weighted by Crippen LogP contribution is -1.99. The number of carbonyl (C=O) groups excluding carboxylic acids is 1. The van der Waals surface area contributed by atoms with Crippen LogP contribution >= 0.6 is 0 Å². The Morgan fingerprint density at radius 1 is 1.53 bits per heavy atom. The number of pyridine rings is 1. The van der Waals surface area contributed by atoms with Crippen molar-refractivity contribution in [2.75, 3.05) is 6.61 Å². The number of nitriles is 1. The number of para-hydroxylation sites is 1. The van der Waals surface area contributed by atoms with Gasteiger partial charge in [-0.3, -0.25) is 0 Å². The minimum atomic E-state index is -0.451. The van der Waals surface area contributed by atoms with Crippen molar-refractivity contribution in [3.05, 3.63) is 47.7 Å².